The molecule has 0 aliphatic heterocycles. The van der Waals surface area contributed by atoms with Crippen molar-refractivity contribution >= 4 is 117 Å². The fraction of sp³-hybridized carbons (Fsp3) is 0.620. The molecule has 0 unspecified atom stereocenters. The van der Waals surface area contributed by atoms with E-state index in [1.165, 1.54) is 11.8 Å². The van der Waals surface area contributed by atoms with Gasteiger partial charge in [0.15, 0.2) is 11.9 Å². The predicted octanol–water partition coefficient (Wildman–Crippen LogP) is -3.04. The molecule has 0 saturated carbocycles. The number of aromatic nitrogens is 1. The smallest absolute Gasteiger partial charge is 0.326 e. The molecule has 0 saturated heterocycles. The van der Waals surface area contributed by atoms with Crippen molar-refractivity contribution in [3.8, 4) is 0 Å². The van der Waals surface area contributed by atoms with Crippen LogP contribution in [-0.4, -0.2) is 233 Å². The molecule has 0 bridgehead atoms. The molecule has 13 amide bonds. The second kappa shape index (κ2) is 54.4. The number of unbranched alkanes of at least 4 members (excludes halogenated alkanes) is 2. The molecule has 0 fully saturated rings. The van der Waals surface area contributed by atoms with E-state index in [2.05, 4.69) is 78.8 Å². The van der Waals surface area contributed by atoms with E-state index in [4.69, 9.17) is 45.9 Å². The number of hydrogen-bond donors (Lipinski definition) is 23. The zero-order valence-electron chi connectivity index (χ0n) is 69.9. The van der Waals surface area contributed by atoms with Crippen LogP contribution in [0, 0.1) is 23.7 Å². The number of carboxylic acid groups (broad SMARTS) is 1. The van der Waals surface area contributed by atoms with E-state index >= 15 is 4.79 Å². The maximum absolute atomic E-state index is 15.0. The van der Waals surface area contributed by atoms with Gasteiger partial charge in [-0.3, -0.25) is 72.3 Å². The number of aliphatic carboxylic acids is 1. The maximum atomic E-state index is 15.0. The summed E-state index contributed by atoms with van der Waals surface area (Å²) in [4.78, 5) is 209. The van der Waals surface area contributed by atoms with Gasteiger partial charge in [0, 0.05) is 43.0 Å². The molecule has 119 heavy (non-hydrogen) atoms. The molecule has 0 radical (unpaired) electrons. The van der Waals surface area contributed by atoms with Crippen LogP contribution in [-0.2, 0) is 80.0 Å². The topological polar surface area (TPSA) is 672 Å². The zero-order chi connectivity index (χ0) is 89.0. The summed E-state index contributed by atoms with van der Waals surface area (Å²) in [5.41, 5.74) is 48.4. The largest absolute Gasteiger partial charge is 0.480 e. The number of benzene rings is 2. The molecular weight excluding hydrogens is 1560 g/mol. The van der Waals surface area contributed by atoms with Crippen molar-refractivity contribution in [2.45, 2.75) is 243 Å². The third kappa shape index (κ3) is 36.6. The Morgan fingerprint density at radius 1 is 0.429 bits per heavy atom. The number of amides is 13. The molecule has 0 aliphatic rings. The summed E-state index contributed by atoms with van der Waals surface area (Å²) in [6.45, 7) is 12.5. The van der Waals surface area contributed by atoms with Gasteiger partial charge >= 0.3 is 5.97 Å². The number of nitrogens with two attached hydrogens (primary N) is 8. The number of aliphatic hydroxyl groups is 1. The second-order valence-electron chi connectivity index (χ2n) is 30.3. The van der Waals surface area contributed by atoms with Gasteiger partial charge in [-0.2, -0.15) is 11.8 Å². The van der Waals surface area contributed by atoms with Crippen LogP contribution in [0.5, 0.6) is 0 Å². The number of hydrogen-bond acceptors (Lipinski definition) is 21. The Hall–Kier alpha value is -10.7. The van der Waals surface area contributed by atoms with Crippen molar-refractivity contribution in [3.05, 3.63) is 71.9 Å². The van der Waals surface area contributed by atoms with Crippen LogP contribution >= 0.6 is 11.8 Å². The number of rotatable bonds is 58. The van der Waals surface area contributed by atoms with Crippen LogP contribution in [0.1, 0.15) is 163 Å². The molecule has 0 aliphatic carbocycles. The first-order valence-corrected chi connectivity index (χ1v) is 42.0. The van der Waals surface area contributed by atoms with Crippen LogP contribution in [0.15, 0.2) is 70.8 Å². The normalized spacial score (nSPS) is 15.1. The number of primary amides is 1. The number of aliphatic hydroxyl groups excluding tert-OH is 1. The van der Waals surface area contributed by atoms with E-state index in [0.717, 1.165) is 16.5 Å². The molecule has 0 spiro atoms. The summed E-state index contributed by atoms with van der Waals surface area (Å²) in [6, 6.07) is -2.57. The van der Waals surface area contributed by atoms with Gasteiger partial charge in [-0.25, -0.2) is 4.79 Å². The first kappa shape index (κ1) is 102. The summed E-state index contributed by atoms with van der Waals surface area (Å²) in [7, 11) is 0. The number of thioether (sulfide) groups is 1. The first-order chi connectivity index (χ1) is 56.4. The number of guanidine groups is 2. The van der Waals surface area contributed by atoms with Crippen LogP contribution in [0.4, 0.5) is 0 Å². The number of aromatic amines is 1. The fourth-order valence-corrected chi connectivity index (χ4v) is 13.1. The highest BCUT2D eigenvalue weighted by molar-refractivity contribution is 7.98. The molecule has 31 N–H and O–H groups in total. The SMILES string of the molecule is CC[C@H](C)[C@H](NC(=O)[C@H](CCCCN)NC(=O)[C@H](CCCCN)NC(=O)[C@@H](N)Cc1c[nH]c2ccccc12)C(=O)N[C@@H](CCCN=C(N)N)C(=O)N[C@@H](CCCN=C(N)N)C(=O)N[C@@H](Cc1ccccc1)C(=O)N[C@H](C(=O)N[C@@H](CO)C(=O)N[C@@H](CCC(N)=O)C(=O)N[C@H](C(=O)N[C@H](C(=O)N[C@@H](CCSC)C(=O)O)[C@@H](C)CC)C(C)C)C(C)C. The lowest BCUT2D eigenvalue weighted by Crippen LogP contribution is -2.62. The Labute approximate surface area is 699 Å². The summed E-state index contributed by atoms with van der Waals surface area (Å²) in [5, 5.41) is 53.1. The third-order valence-corrected chi connectivity index (χ3v) is 20.8. The van der Waals surface area contributed by atoms with Gasteiger partial charge in [-0.15, -0.1) is 0 Å². The maximum Gasteiger partial charge on any atom is 0.326 e. The lowest BCUT2D eigenvalue weighted by atomic mass is 9.96. The van der Waals surface area contributed by atoms with Gasteiger partial charge in [0.25, 0.3) is 0 Å². The average molecular weight is 1690 g/mol. The molecule has 40 heteroatoms. The number of carbonyl (C=O) groups excluding carboxylic acids is 13. The second-order valence-corrected chi connectivity index (χ2v) is 31.3. The molecule has 1 heterocycles. The highest BCUT2D eigenvalue weighted by Crippen LogP contribution is 2.21. The van der Waals surface area contributed by atoms with Crippen molar-refractivity contribution in [2.24, 2.45) is 79.5 Å². The minimum Gasteiger partial charge on any atom is -0.480 e. The molecule has 15 atom stereocenters. The molecule has 1 aromatic heterocycles. The fourth-order valence-electron chi connectivity index (χ4n) is 12.6. The number of nitrogens with one attached hydrogen (secondary N) is 13. The Bertz CT molecular complexity index is 3840. The first-order valence-electron chi connectivity index (χ1n) is 40.6. The van der Waals surface area contributed by atoms with Crippen molar-refractivity contribution in [1.82, 2.24) is 68.8 Å². The van der Waals surface area contributed by atoms with Gasteiger partial charge < -0.3 is 125 Å². The van der Waals surface area contributed by atoms with Gasteiger partial charge in [-0.05, 0) is 149 Å². The molecule has 664 valence electrons. The van der Waals surface area contributed by atoms with Gasteiger partial charge in [-0.1, -0.05) is 117 Å². The summed E-state index contributed by atoms with van der Waals surface area (Å²) < 4.78 is 0. The van der Waals surface area contributed by atoms with Crippen molar-refractivity contribution in [1.29, 1.82) is 0 Å². The van der Waals surface area contributed by atoms with Crippen LogP contribution < -0.4 is 110 Å². The Balaban J connectivity index is 2.00. The van der Waals surface area contributed by atoms with E-state index in [9.17, 15) is 72.5 Å². The molecular formula is C79H131N23O16S. The van der Waals surface area contributed by atoms with Crippen LogP contribution in [0.3, 0.4) is 0 Å². The van der Waals surface area contributed by atoms with E-state index in [1.54, 1.807) is 98.2 Å². The van der Waals surface area contributed by atoms with E-state index < -0.39 is 204 Å². The highest BCUT2D eigenvalue weighted by atomic mass is 32.2. The van der Waals surface area contributed by atoms with Crippen molar-refractivity contribution in [3.63, 3.8) is 0 Å². The number of aliphatic imine (C=N–C) groups is 2. The number of fused-ring (bicyclic) bond motifs is 1. The number of nitrogens with zero attached hydrogens (tertiary/aromatic N) is 2. The summed E-state index contributed by atoms with van der Waals surface area (Å²) >= 11 is 1.37. The van der Waals surface area contributed by atoms with E-state index in [-0.39, 0.29) is 89.3 Å². The standard InChI is InChI=1S/C79H131N23O16S/c1-10-45(7)63(101-69(109)53(28-18-20-35-81)92-66(106)52(27-17-19-34-80)91-65(105)50(82)40-48-41-90-51-26-16-15-25-49(48)51)75(115)95-55(30-22-37-89-79(86)87)67(107)93-54(29-21-36-88-78(84)85)68(108)97-58(39-47-23-13-12-14-24-47)71(111)100-61(43(3)4)73(113)98-59(42-103)72(112)94-56(31-32-60(83)104)70(110)99-62(44(5)6)74(114)102-64(46(8)11-2)76(116)96-57(77(117)118)33-38-119-9/h12-16,23-26,41,43-46,50,52-59,61-64,90,103H,10-11,17-22,27-40,42,80-82H2,1-9H3,(H2,83,104)(H,91,105)(H,92,106)(H,93,107)(H,94,112)(H,95,115)(H,96,116)(H,97,108)(H,98,113)(H,99,110)(H,100,111)(H,101,109)(H,102,114)(H,117,118)(H4,84,85,88)(H4,86,87,89)/t45-,46-,50-,52-,53-,54-,55-,56-,57-,58-,59-,61-,62-,63-,64-/m0/s1. The average Bonchev–Trinajstić information content (AvgIpc) is 1.79. The van der Waals surface area contributed by atoms with Crippen LogP contribution in [0.25, 0.3) is 10.9 Å². The van der Waals surface area contributed by atoms with Crippen LogP contribution in [0.2, 0.25) is 0 Å². The zero-order valence-corrected chi connectivity index (χ0v) is 70.7. The number of para-hydroxylation sites is 1. The molecule has 3 rings (SSSR count). The van der Waals surface area contributed by atoms with Crippen molar-refractivity contribution in [2.75, 3.05) is 44.8 Å². The van der Waals surface area contributed by atoms with Gasteiger partial charge in [0.2, 0.25) is 76.8 Å². The minimum atomic E-state index is -1.85. The van der Waals surface area contributed by atoms with E-state index in [1.807, 2.05) is 24.3 Å². The lowest BCUT2D eigenvalue weighted by Gasteiger charge is -2.30. The number of carbonyl (C=O) groups is 14. The monoisotopic (exact) mass is 1690 g/mol. The summed E-state index contributed by atoms with van der Waals surface area (Å²) in [6.07, 6.45) is 4.93. The molecule has 2 aromatic carbocycles. The summed E-state index contributed by atoms with van der Waals surface area (Å²) in [5.74, 6) is -15.6. The molecule has 39 nitrogen and oxygen atoms in total. The number of carboxylic acids is 1. The van der Waals surface area contributed by atoms with Gasteiger partial charge in [0.05, 0.1) is 12.6 Å². The van der Waals surface area contributed by atoms with Gasteiger partial charge in [0.1, 0.15) is 72.5 Å². The predicted molar refractivity (Wildman–Crippen MR) is 454 cm³/mol. The minimum absolute atomic E-state index is 0.0336. The number of H-pyrrole nitrogens is 1. The third-order valence-electron chi connectivity index (χ3n) is 20.1. The Morgan fingerprint density at radius 3 is 1.24 bits per heavy atom. The lowest BCUT2D eigenvalue weighted by molar-refractivity contribution is -0.142. The Kier molecular flexibility index (Phi) is 46.8. The highest BCUT2D eigenvalue weighted by Gasteiger charge is 2.40. The van der Waals surface area contributed by atoms with Crippen molar-refractivity contribution < 1.29 is 77.3 Å². The Morgan fingerprint density at radius 2 is 0.798 bits per heavy atom. The quantitative estimate of drug-likeness (QED) is 0.0152. The van der Waals surface area contributed by atoms with E-state index in [0.29, 0.717) is 56.4 Å². The molecule has 3 aromatic rings.